The monoisotopic (exact) mass is 345 g/mol. The number of aromatic nitrogens is 1. The number of para-hydroxylation sites is 1. The lowest BCUT2D eigenvalue weighted by Crippen LogP contribution is -2.44. The van der Waals surface area contributed by atoms with Crippen LogP contribution < -0.4 is 5.73 Å². The van der Waals surface area contributed by atoms with E-state index in [0.717, 1.165) is 50.7 Å². The molecule has 3 rings (SSSR count). The van der Waals surface area contributed by atoms with Gasteiger partial charge in [0.05, 0.1) is 15.2 Å². The molecular formula is C19H27N3OS. The highest BCUT2D eigenvalue weighted by Gasteiger charge is 2.25. The Kier molecular flexibility index (Phi) is 5.85. The average molecular weight is 346 g/mol. The zero-order valence-electron chi connectivity index (χ0n) is 14.4. The number of hydrogen-bond acceptors (Lipinski definition) is 4. The lowest BCUT2D eigenvalue weighted by molar-refractivity contribution is -0.133. The second kappa shape index (κ2) is 8.08. The van der Waals surface area contributed by atoms with E-state index < -0.39 is 0 Å². The van der Waals surface area contributed by atoms with E-state index in [1.165, 1.54) is 9.71 Å². The first kappa shape index (κ1) is 17.4. The van der Waals surface area contributed by atoms with E-state index in [4.69, 9.17) is 5.73 Å². The number of hydrogen-bond donors (Lipinski definition) is 1. The van der Waals surface area contributed by atoms with E-state index in [9.17, 15) is 4.79 Å². The summed E-state index contributed by atoms with van der Waals surface area (Å²) in [6, 6.07) is 8.44. The summed E-state index contributed by atoms with van der Waals surface area (Å²) in [4.78, 5) is 19.1. The fourth-order valence-corrected chi connectivity index (χ4v) is 4.41. The Morgan fingerprint density at radius 2 is 2.25 bits per heavy atom. The zero-order chi connectivity index (χ0) is 16.9. The molecule has 1 saturated heterocycles. The second-order valence-corrected chi connectivity index (χ2v) is 8.00. The first-order valence-electron chi connectivity index (χ1n) is 9.01. The molecule has 0 radical (unpaired) electrons. The third-order valence-electron chi connectivity index (χ3n) is 4.92. The van der Waals surface area contributed by atoms with Crippen LogP contribution in [0.1, 0.15) is 44.0 Å². The number of carbonyl (C=O) groups is 1. The van der Waals surface area contributed by atoms with Crippen molar-refractivity contribution >= 4 is 27.5 Å². The highest BCUT2D eigenvalue weighted by molar-refractivity contribution is 7.18. The number of fused-ring (bicyclic) bond motifs is 1. The molecule has 2 aromatic rings. The summed E-state index contributed by atoms with van der Waals surface area (Å²) in [5.41, 5.74) is 7.09. The first-order chi connectivity index (χ1) is 11.6. The number of nitrogens with zero attached hydrogens (tertiary/aromatic N) is 2. The van der Waals surface area contributed by atoms with Crippen molar-refractivity contribution in [1.29, 1.82) is 0 Å². The summed E-state index contributed by atoms with van der Waals surface area (Å²) in [6.07, 6.45) is 5.82. The molecule has 2 unspecified atom stereocenters. The Morgan fingerprint density at radius 1 is 1.42 bits per heavy atom. The molecule has 2 atom stereocenters. The highest BCUT2D eigenvalue weighted by Crippen LogP contribution is 2.23. The first-order valence-corrected chi connectivity index (χ1v) is 9.83. The van der Waals surface area contributed by atoms with E-state index >= 15 is 0 Å². The summed E-state index contributed by atoms with van der Waals surface area (Å²) in [5, 5.41) is 1.18. The van der Waals surface area contributed by atoms with Gasteiger partial charge in [-0.3, -0.25) is 4.79 Å². The molecule has 1 aromatic heterocycles. The number of unbranched alkanes of at least 4 members (excludes halogenated alkanes) is 1. The van der Waals surface area contributed by atoms with Gasteiger partial charge in [0.1, 0.15) is 0 Å². The predicted octanol–water partition coefficient (Wildman–Crippen LogP) is 3.59. The van der Waals surface area contributed by atoms with E-state index in [1.807, 2.05) is 11.0 Å². The van der Waals surface area contributed by atoms with Gasteiger partial charge in [-0.05, 0) is 57.1 Å². The molecule has 24 heavy (non-hydrogen) atoms. The van der Waals surface area contributed by atoms with Gasteiger partial charge in [0, 0.05) is 25.6 Å². The smallest absolute Gasteiger partial charge is 0.222 e. The number of aryl methyl sites for hydroxylation is 1. The molecule has 2 N–H and O–H groups in total. The maximum atomic E-state index is 12.4. The molecule has 1 aliphatic rings. The molecule has 0 spiro atoms. The number of carbonyl (C=O) groups excluding carboxylic acids is 1. The highest BCUT2D eigenvalue weighted by atomic mass is 32.1. The molecular weight excluding hydrogens is 318 g/mol. The van der Waals surface area contributed by atoms with Crippen molar-refractivity contribution in [3.05, 3.63) is 29.3 Å². The maximum absolute atomic E-state index is 12.4. The molecule has 0 saturated carbocycles. The average Bonchev–Trinajstić information content (AvgIpc) is 3.01. The van der Waals surface area contributed by atoms with E-state index in [0.29, 0.717) is 18.2 Å². The minimum absolute atomic E-state index is 0.180. The predicted molar refractivity (Wildman–Crippen MR) is 100 cm³/mol. The van der Waals surface area contributed by atoms with Crippen LogP contribution in [0.25, 0.3) is 10.2 Å². The molecule has 4 nitrogen and oxygen atoms in total. The van der Waals surface area contributed by atoms with Gasteiger partial charge in [0.15, 0.2) is 0 Å². The van der Waals surface area contributed by atoms with Gasteiger partial charge in [0.2, 0.25) is 5.91 Å². The Hall–Kier alpha value is -1.46. The topological polar surface area (TPSA) is 59.2 Å². The number of nitrogens with two attached hydrogens (primary N) is 1. The summed E-state index contributed by atoms with van der Waals surface area (Å²) < 4.78 is 1.25. The molecule has 2 heterocycles. The number of rotatable bonds is 6. The van der Waals surface area contributed by atoms with Crippen molar-refractivity contribution in [1.82, 2.24) is 9.88 Å². The Bertz CT molecular complexity index is 649. The van der Waals surface area contributed by atoms with Crippen molar-refractivity contribution < 1.29 is 4.79 Å². The normalized spacial score (nSPS) is 19.6. The molecule has 1 fully saturated rings. The van der Waals surface area contributed by atoms with Gasteiger partial charge < -0.3 is 10.6 Å². The number of piperidine rings is 1. The lowest BCUT2D eigenvalue weighted by Gasteiger charge is -2.34. The van der Waals surface area contributed by atoms with Gasteiger partial charge >= 0.3 is 0 Å². The minimum atomic E-state index is 0.180. The van der Waals surface area contributed by atoms with Crippen LogP contribution in [-0.4, -0.2) is 34.9 Å². The Labute approximate surface area is 148 Å². The summed E-state index contributed by atoms with van der Waals surface area (Å²) in [7, 11) is 0. The fourth-order valence-electron chi connectivity index (χ4n) is 3.40. The van der Waals surface area contributed by atoms with Crippen molar-refractivity contribution in [2.45, 2.75) is 51.5 Å². The lowest BCUT2D eigenvalue weighted by atomic mass is 9.92. The standard InChI is InChI=1S/C19H27N3OS/c1-14(20)15-7-6-12-22(13-15)19(23)11-5-4-10-18-21-16-8-2-3-9-17(16)24-18/h2-3,8-9,14-15H,4-7,10-13,20H2,1H3. The molecule has 5 heteroatoms. The summed E-state index contributed by atoms with van der Waals surface area (Å²) in [6.45, 7) is 3.80. The van der Waals surface area contributed by atoms with Crippen LogP contribution in [0, 0.1) is 5.92 Å². The van der Waals surface area contributed by atoms with Crippen LogP contribution in [0.15, 0.2) is 24.3 Å². The van der Waals surface area contributed by atoms with Crippen molar-refractivity contribution in [3.63, 3.8) is 0 Å². The van der Waals surface area contributed by atoms with Crippen LogP contribution in [0.2, 0.25) is 0 Å². The minimum Gasteiger partial charge on any atom is -0.342 e. The van der Waals surface area contributed by atoms with Crippen LogP contribution in [0.4, 0.5) is 0 Å². The van der Waals surface area contributed by atoms with Crippen LogP contribution in [-0.2, 0) is 11.2 Å². The number of thiazole rings is 1. The van der Waals surface area contributed by atoms with E-state index in [1.54, 1.807) is 11.3 Å². The summed E-state index contributed by atoms with van der Waals surface area (Å²) in [5.74, 6) is 0.759. The SMILES string of the molecule is CC(N)C1CCCN(C(=O)CCCCc2nc3ccccc3s2)C1. The van der Waals surface area contributed by atoms with Crippen molar-refractivity contribution in [3.8, 4) is 0 Å². The Balaban J connectivity index is 1.42. The number of likely N-dealkylation sites (tertiary alicyclic amines) is 1. The van der Waals surface area contributed by atoms with Crippen LogP contribution in [0.5, 0.6) is 0 Å². The molecule has 0 bridgehead atoms. The molecule has 1 amide bonds. The summed E-state index contributed by atoms with van der Waals surface area (Å²) >= 11 is 1.77. The van der Waals surface area contributed by atoms with Gasteiger partial charge in [-0.1, -0.05) is 12.1 Å². The van der Waals surface area contributed by atoms with E-state index in [2.05, 4.69) is 30.1 Å². The van der Waals surface area contributed by atoms with E-state index in [-0.39, 0.29) is 6.04 Å². The molecule has 1 aliphatic heterocycles. The third kappa shape index (κ3) is 4.33. The second-order valence-electron chi connectivity index (χ2n) is 6.88. The molecule has 0 aliphatic carbocycles. The van der Waals surface area contributed by atoms with Crippen molar-refractivity contribution in [2.75, 3.05) is 13.1 Å². The quantitative estimate of drug-likeness (QED) is 0.814. The van der Waals surface area contributed by atoms with Crippen LogP contribution >= 0.6 is 11.3 Å². The maximum Gasteiger partial charge on any atom is 0.222 e. The Morgan fingerprint density at radius 3 is 3.04 bits per heavy atom. The molecule has 1 aromatic carbocycles. The number of amides is 1. The largest absolute Gasteiger partial charge is 0.342 e. The van der Waals surface area contributed by atoms with Gasteiger partial charge in [-0.15, -0.1) is 11.3 Å². The molecule has 130 valence electrons. The van der Waals surface area contributed by atoms with Crippen LogP contribution in [0.3, 0.4) is 0 Å². The van der Waals surface area contributed by atoms with Gasteiger partial charge in [-0.25, -0.2) is 4.98 Å². The third-order valence-corrected chi connectivity index (χ3v) is 6.02. The zero-order valence-corrected chi connectivity index (χ0v) is 15.2. The number of benzene rings is 1. The van der Waals surface area contributed by atoms with Gasteiger partial charge in [0.25, 0.3) is 0 Å². The van der Waals surface area contributed by atoms with Gasteiger partial charge in [-0.2, -0.15) is 0 Å². The van der Waals surface area contributed by atoms with Crippen molar-refractivity contribution in [2.24, 2.45) is 11.7 Å². The fraction of sp³-hybridized carbons (Fsp3) is 0.579.